The summed E-state index contributed by atoms with van der Waals surface area (Å²) in [4.78, 5) is 0. The normalized spacial score (nSPS) is 17.8. The minimum Gasteiger partial charge on any atom is -0.317 e. The van der Waals surface area contributed by atoms with E-state index in [0.29, 0.717) is 5.92 Å². The molecule has 68 valence electrons. The Morgan fingerprint density at radius 2 is 2.23 bits per heavy atom. The molecule has 0 amide bonds. The van der Waals surface area contributed by atoms with Crippen LogP contribution in [0.2, 0.25) is 0 Å². The highest BCUT2D eigenvalue weighted by molar-refractivity contribution is 5.29. The summed E-state index contributed by atoms with van der Waals surface area (Å²) >= 11 is 0. The van der Waals surface area contributed by atoms with Crippen molar-refractivity contribution in [1.29, 1.82) is 0 Å². The standard InChI is InChI=1S/C10H13N3/c1(2-10-7-12-13-8-10)9-3-5-11-6-4-9/h7-9,11H,3-6H2,(H,12,13). The first-order valence-electron chi connectivity index (χ1n) is 4.66. The molecule has 1 aliphatic heterocycles. The number of hydrogen-bond acceptors (Lipinski definition) is 2. The second-order valence-corrected chi connectivity index (χ2v) is 3.28. The summed E-state index contributed by atoms with van der Waals surface area (Å²) in [7, 11) is 0. The third-order valence-electron chi connectivity index (χ3n) is 2.26. The fraction of sp³-hybridized carbons (Fsp3) is 0.500. The van der Waals surface area contributed by atoms with Gasteiger partial charge in [0.2, 0.25) is 0 Å². The fourth-order valence-electron chi connectivity index (χ4n) is 1.47. The van der Waals surface area contributed by atoms with Gasteiger partial charge in [-0.2, -0.15) is 5.10 Å². The molecule has 0 bridgehead atoms. The van der Waals surface area contributed by atoms with Crippen molar-refractivity contribution in [3.05, 3.63) is 18.0 Å². The van der Waals surface area contributed by atoms with Crippen LogP contribution in [0.4, 0.5) is 0 Å². The van der Waals surface area contributed by atoms with Gasteiger partial charge in [0.05, 0.1) is 11.8 Å². The van der Waals surface area contributed by atoms with Gasteiger partial charge in [0.1, 0.15) is 0 Å². The van der Waals surface area contributed by atoms with Crippen LogP contribution < -0.4 is 5.32 Å². The van der Waals surface area contributed by atoms with Gasteiger partial charge in [0.15, 0.2) is 0 Å². The molecule has 3 nitrogen and oxygen atoms in total. The Balaban J connectivity index is 1.95. The van der Waals surface area contributed by atoms with Crippen LogP contribution in [-0.4, -0.2) is 23.3 Å². The quantitative estimate of drug-likeness (QED) is 0.571. The molecule has 0 spiro atoms. The first-order valence-corrected chi connectivity index (χ1v) is 4.66. The maximum absolute atomic E-state index is 3.85. The molecule has 13 heavy (non-hydrogen) atoms. The summed E-state index contributed by atoms with van der Waals surface area (Å²) < 4.78 is 0. The Hall–Kier alpha value is -1.27. The van der Waals surface area contributed by atoms with E-state index in [1.54, 1.807) is 6.20 Å². The monoisotopic (exact) mass is 175 g/mol. The van der Waals surface area contributed by atoms with Gasteiger partial charge in [-0.1, -0.05) is 11.8 Å². The van der Waals surface area contributed by atoms with E-state index in [2.05, 4.69) is 27.4 Å². The fourth-order valence-corrected chi connectivity index (χ4v) is 1.47. The largest absolute Gasteiger partial charge is 0.317 e. The second-order valence-electron chi connectivity index (χ2n) is 3.28. The first-order chi connectivity index (χ1) is 6.45. The zero-order chi connectivity index (χ0) is 8.93. The summed E-state index contributed by atoms with van der Waals surface area (Å²) in [5, 5.41) is 9.92. The minimum absolute atomic E-state index is 0.566. The zero-order valence-corrected chi connectivity index (χ0v) is 7.51. The number of nitrogens with one attached hydrogen (secondary N) is 2. The Bertz CT molecular complexity index is 299. The van der Waals surface area contributed by atoms with Gasteiger partial charge in [-0.3, -0.25) is 5.10 Å². The number of H-pyrrole nitrogens is 1. The lowest BCUT2D eigenvalue weighted by molar-refractivity contribution is 0.447. The van der Waals surface area contributed by atoms with E-state index in [4.69, 9.17) is 0 Å². The molecule has 2 rings (SSSR count). The first kappa shape index (κ1) is 8.33. The highest BCUT2D eigenvalue weighted by Crippen LogP contribution is 2.09. The van der Waals surface area contributed by atoms with Crippen molar-refractivity contribution in [2.45, 2.75) is 12.8 Å². The molecule has 2 heterocycles. The van der Waals surface area contributed by atoms with Crippen molar-refractivity contribution in [2.24, 2.45) is 5.92 Å². The Labute approximate surface area is 77.9 Å². The summed E-state index contributed by atoms with van der Waals surface area (Å²) in [6.07, 6.45) is 5.93. The van der Waals surface area contributed by atoms with E-state index in [1.807, 2.05) is 6.20 Å². The molecule has 2 N–H and O–H groups in total. The van der Waals surface area contributed by atoms with Crippen LogP contribution in [0, 0.1) is 17.8 Å². The molecule has 3 heteroatoms. The minimum atomic E-state index is 0.566. The summed E-state index contributed by atoms with van der Waals surface area (Å²) in [6, 6.07) is 0. The molecule has 0 saturated carbocycles. The molecular weight excluding hydrogens is 162 g/mol. The maximum atomic E-state index is 3.85. The van der Waals surface area contributed by atoms with Gasteiger partial charge < -0.3 is 5.32 Å². The van der Waals surface area contributed by atoms with Crippen LogP contribution in [0.3, 0.4) is 0 Å². The van der Waals surface area contributed by atoms with Crippen molar-refractivity contribution >= 4 is 0 Å². The van der Waals surface area contributed by atoms with Crippen LogP contribution in [0.15, 0.2) is 12.4 Å². The number of hydrogen-bond donors (Lipinski definition) is 2. The lowest BCUT2D eigenvalue weighted by Crippen LogP contribution is -2.26. The lowest BCUT2D eigenvalue weighted by atomic mass is 9.99. The van der Waals surface area contributed by atoms with E-state index >= 15 is 0 Å². The summed E-state index contributed by atoms with van der Waals surface area (Å²) in [6.45, 7) is 2.20. The average molecular weight is 175 g/mol. The third-order valence-corrected chi connectivity index (χ3v) is 2.26. The van der Waals surface area contributed by atoms with Crippen molar-refractivity contribution in [3.63, 3.8) is 0 Å². The molecule has 1 aromatic rings. The van der Waals surface area contributed by atoms with Crippen LogP contribution >= 0.6 is 0 Å². The van der Waals surface area contributed by atoms with Gasteiger partial charge in [-0.25, -0.2) is 0 Å². The number of nitrogens with zero attached hydrogens (tertiary/aromatic N) is 1. The highest BCUT2D eigenvalue weighted by Gasteiger charge is 2.08. The zero-order valence-electron chi connectivity index (χ0n) is 7.51. The van der Waals surface area contributed by atoms with Crippen molar-refractivity contribution < 1.29 is 0 Å². The summed E-state index contributed by atoms with van der Waals surface area (Å²) in [5.74, 6) is 6.96. The molecule has 1 saturated heterocycles. The van der Waals surface area contributed by atoms with Gasteiger partial charge in [-0.05, 0) is 25.9 Å². The second kappa shape index (κ2) is 4.11. The maximum Gasteiger partial charge on any atom is 0.0644 e. The van der Waals surface area contributed by atoms with Crippen LogP contribution in [0.5, 0.6) is 0 Å². The van der Waals surface area contributed by atoms with E-state index in [0.717, 1.165) is 18.7 Å². The number of rotatable bonds is 0. The molecule has 1 fully saturated rings. The van der Waals surface area contributed by atoms with Crippen molar-refractivity contribution in [3.8, 4) is 11.8 Å². The Morgan fingerprint density at radius 1 is 1.38 bits per heavy atom. The third kappa shape index (κ3) is 2.33. The van der Waals surface area contributed by atoms with Gasteiger partial charge in [0, 0.05) is 12.1 Å². The lowest BCUT2D eigenvalue weighted by Gasteiger charge is -2.17. The van der Waals surface area contributed by atoms with Crippen molar-refractivity contribution in [1.82, 2.24) is 15.5 Å². The summed E-state index contributed by atoms with van der Waals surface area (Å²) in [5.41, 5.74) is 0.985. The van der Waals surface area contributed by atoms with E-state index in [1.165, 1.54) is 12.8 Å². The smallest absolute Gasteiger partial charge is 0.0644 e. The number of piperidine rings is 1. The predicted molar refractivity (Wildman–Crippen MR) is 51.1 cm³/mol. The van der Waals surface area contributed by atoms with Crippen molar-refractivity contribution in [2.75, 3.05) is 13.1 Å². The molecular formula is C10H13N3. The average Bonchev–Trinajstić information content (AvgIpc) is 2.69. The van der Waals surface area contributed by atoms with E-state index in [-0.39, 0.29) is 0 Å². The molecule has 1 aromatic heterocycles. The molecule has 0 aromatic carbocycles. The van der Waals surface area contributed by atoms with Crippen LogP contribution in [0.25, 0.3) is 0 Å². The predicted octanol–water partition coefficient (Wildman–Crippen LogP) is 0.761. The topological polar surface area (TPSA) is 40.7 Å². The Kier molecular flexibility index (Phi) is 2.63. The van der Waals surface area contributed by atoms with Crippen LogP contribution in [-0.2, 0) is 0 Å². The van der Waals surface area contributed by atoms with Gasteiger partial charge in [-0.15, -0.1) is 0 Å². The number of aromatic amines is 1. The molecule has 0 atom stereocenters. The molecule has 0 aliphatic carbocycles. The SMILES string of the molecule is C(#CC1CCNCC1)c1cn[nH]c1. The molecule has 1 aliphatic rings. The highest BCUT2D eigenvalue weighted by atomic mass is 15.1. The van der Waals surface area contributed by atoms with E-state index < -0.39 is 0 Å². The van der Waals surface area contributed by atoms with Gasteiger partial charge in [0.25, 0.3) is 0 Å². The Morgan fingerprint density at radius 3 is 2.92 bits per heavy atom. The van der Waals surface area contributed by atoms with E-state index in [9.17, 15) is 0 Å². The molecule has 0 radical (unpaired) electrons. The molecule has 0 unspecified atom stereocenters. The van der Waals surface area contributed by atoms with Crippen LogP contribution in [0.1, 0.15) is 18.4 Å². The van der Waals surface area contributed by atoms with Gasteiger partial charge >= 0.3 is 0 Å². The number of aromatic nitrogens is 2.